The Morgan fingerprint density at radius 3 is 2.47 bits per heavy atom. The van der Waals surface area contributed by atoms with E-state index in [2.05, 4.69) is 10.2 Å². The highest BCUT2D eigenvalue weighted by Gasteiger charge is 2.42. The summed E-state index contributed by atoms with van der Waals surface area (Å²) >= 11 is 0. The van der Waals surface area contributed by atoms with E-state index >= 15 is 0 Å². The number of phenols is 1. The first kappa shape index (κ1) is 21.7. The molecule has 1 aliphatic rings. The lowest BCUT2D eigenvalue weighted by molar-refractivity contribution is 0.0717. The molecule has 0 bridgehead atoms. The summed E-state index contributed by atoms with van der Waals surface area (Å²) in [5.41, 5.74) is 4.24. The average Bonchev–Trinajstić information content (AvgIpc) is 3.64. The number of H-pyrrole nitrogens is 1. The Kier molecular flexibility index (Phi) is 5.50. The van der Waals surface area contributed by atoms with Crippen LogP contribution in [0.15, 0.2) is 102 Å². The van der Waals surface area contributed by atoms with Gasteiger partial charge in [-0.1, -0.05) is 54.6 Å². The summed E-state index contributed by atoms with van der Waals surface area (Å²) in [5.74, 6) is 1.34. The third-order valence-electron chi connectivity index (χ3n) is 6.37. The van der Waals surface area contributed by atoms with Crippen molar-refractivity contribution in [2.45, 2.75) is 19.2 Å². The summed E-state index contributed by atoms with van der Waals surface area (Å²) in [6.45, 7) is 0.765. The third kappa shape index (κ3) is 3.90. The van der Waals surface area contributed by atoms with Crippen LogP contribution in [-0.4, -0.2) is 26.1 Å². The van der Waals surface area contributed by atoms with E-state index < -0.39 is 6.04 Å². The van der Waals surface area contributed by atoms with Crippen molar-refractivity contribution < 1.29 is 19.1 Å². The smallest absolute Gasteiger partial charge is 0.273 e. The molecule has 2 N–H and O–H groups in total. The van der Waals surface area contributed by atoms with Crippen molar-refractivity contribution in [1.82, 2.24) is 15.1 Å². The standard InChI is InChI=1S/C29H23N3O4/c33-24-11-5-4-10-23(24)26-25-27(31-30-26)29(34)32(17-22-9-6-16-35-22)28(25)20-12-14-21(15-13-20)36-18-19-7-2-1-3-8-19/h1-16,28,33H,17-18H2,(H,30,31)/t28-/m1/s1. The van der Waals surface area contributed by atoms with E-state index in [4.69, 9.17) is 9.15 Å². The molecule has 5 aromatic rings. The number of fused-ring (bicyclic) bond motifs is 1. The summed E-state index contributed by atoms with van der Waals surface area (Å²) in [6, 6.07) is 27.9. The molecule has 7 nitrogen and oxygen atoms in total. The number of hydrogen-bond donors (Lipinski definition) is 2. The molecule has 3 heterocycles. The lowest BCUT2D eigenvalue weighted by atomic mass is 9.95. The minimum atomic E-state index is -0.422. The number of aromatic hydroxyl groups is 1. The Morgan fingerprint density at radius 2 is 1.72 bits per heavy atom. The van der Waals surface area contributed by atoms with Crippen LogP contribution in [0.2, 0.25) is 0 Å². The fraction of sp³-hybridized carbons (Fsp3) is 0.103. The third-order valence-corrected chi connectivity index (χ3v) is 6.37. The Labute approximate surface area is 207 Å². The van der Waals surface area contributed by atoms with Crippen molar-refractivity contribution in [3.05, 3.63) is 125 Å². The van der Waals surface area contributed by atoms with Crippen LogP contribution in [0.5, 0.6) is 11.5 Å². The van der Waals surface area contributed by atoms with Crippen molar-refractivity contribution in [2.24, 2.45) is 0 Å². The number of carbonyl (C=O) groups is 1. The molecule has 0 unspecified atom stereocenters. The molecule has 0 aliphatic carbocycles. The largest absolute Gasteiger partial charge is 0.507 e. The van der Waals surface area contributed by atoms with Crippen molar-refractivity contribution in [3.63, 3.8) is 0 Å². The monoisotopic (exact) mass is 477 g/mol. The summed E-state index contributed by atoms with van der Waals surface area (Å²) < 4.78 is 11.5. The van der Waals surface area contributed by atoms with E-state index in [0.29, 0.717) is 35.9 Å². The second kappa shape index (κ2) is 9.11. The van der Waals surface area contributed by atoms with E-state index in [1.54, 1.807) is 35.4 Å². The van der Waals surface area contributed by atoms with Gasteiger partial charge in [-0.2, -0.15) is 5.10 Å². The number of nitrogens with zero attached hydrogens (tertiary/aromatic N) is 2. The Bertz CT molecular complexity index is 1490. The van der Waals surface area contributed by atoms with Gasteiger partial charge in [0.2, 0.25) is 0 Å². The number of amides is 1. The number of rotatable bonds is 7. The van der Waals surface area contributed by atoms with Crippen LogP contribution < -0.4 is 4.74 Å². The van der Waals surface area contributed by atoms with Crippen LogP contribution in [0, 0.1) is 0 Å². The molecule has 2 aromatic heterocycles. The maximum absolute atomic E-state index is 13.5. The molecule has 0 saturated carbocycles. The number of aromatic nitrogens is 2. The van der Waals surface area contributed by atoms with Crippen LogP contribution >= 0.6 is 0 Å². The average molecular weight is 478 g/mol. The number of ether oxygens (including phenoxy) is 1. The van der Waals surface area contributed by atoms with Crippen molar-refractivity contribution >= 4 is 5.91 Å². The van der Waals surface area contributed by atoms with Gasteiger partial charge in [-0.15, -0.1) is 0 Å². The van der Waals surface area contributed by atoms with Crippen molar-refractivity contribution in [3.8, 4) is 22.8 Å². The molecule has 1 aliphatic heterocycles. The van der Waals surface area contributed by atoms with Gasteiger partial charge in [-0.25, -0.2) is 0 Å². The molecule has 0 radical (unpaired) electrons. The molecule has 1 atom stereocenters. The molecule has 178 valence electrons. The van der Waals surface area contributed by atoms with Gasteiger partial charge in [-0.3, -0.25) is 9.89 Å². The van der Waals surface area contributed by atoms with E-state index in [-0.39, 0.29) is 11.7 Å². The van der Waals surface area contributed by atoms with E-state index in [1.165, 1.54) is 0 Å². The zero-order chi connectivity index (χ0) is 24.5. The number of hydrogen-bond acceptors (Lipinski definition) is 5. The number of aromatic amines is 1. The van der Waals surface area contributed by atoms with Gasteiger partial charge in [0.25, 0.3) is 5.91 Å². The lowest BCUT2D eigenvalue weighted by Gasteiger charge is -2.25. The highest BCUT2D eigenvalue weighted by atomic mass is 16.5. The van der Waals surface area contributed by atoms with Gasteiger partial charge in [0.1, 0.15) is 35.3 Å². The van der Waals surface area contributed by atoms with Gasteiger partial charge < -0.3 is 19.2 Å². The maximum atomic E-state index is 13.5. The number of carbonyl (C=O) groups excluding carboxylic acids is 1. The number of benzene rings is 3. The number of nitrogens with one attached hydrogen (secondary N) is 1. The highest BCUT2D eigenvalue weighted by Crippen LogP contribution is 2.45. The number of para-hydroxylation sites is 1. The Hall–Kier alpha value is -4.78. The molecule has 0 saturated heterocycles. The molecule has 36 heavy (non-hydrogen) atoms. The predicted octanol–water partition coefficient (Wildman–Crippen LogP) is 5.70. The highest BCUT2D eigenvalue weighted by molar-refractivity contribution is 6.00. The minimum Gasteiger partial charge on any atom is -0.507 e. The van der Waals surface area contributed by atoms with Crippen LogP contribution in [0.1, 0.15) is 39.0 Å². The topological polar surface area (TPSA) is 91.6 Å². The molecule has 6 rings (SSSR count). The molecule has 7 heteroatoms. The Morgan fingerprint density at radius 1 is 0.944 bits per heavy atom. The van der Waals surface area contributed by atoms with Crippen LogP contribution in [0.4, 0.5) is 0 Å². The van der Waals surface area contributed by atoms with Crippen molar-refractivity contribution in [2.75, 3.05) is 0 Å². The molecular formula is C29H23N3O4. The van der Waals surface area contributed by atoms with Crippen LogP contribution in [0.3, 0.4) is 0 Å². The summed E-state index contributed by atoms with van der Waals surface area (Å²) in [4.78, 5) is 15.2. The van der Waals surface area contributed by atoms with Gasteiger partial charge in [0.05, 0.1) is 18.8 Å². The van der Waals surface area contributed by atoms with E-state index in [0.717, 1.165) is 22.4 Å². The number of phenolic OH excluding ortho intramolecular Hbond substituents is 1. The SMILES string of the molecule is O=C1c2[nH]nc(-c3ccccc3O)c2[C@@H](c2ccc(OCc3ccccc3)cc2)N1Cc1ccco1. The quantitative estimate of drug-likeness (QED) is 0.314. The van der Waals surface area contributed by atoms with Gasteiger partial charge >= 0.3 is 0 Å². The summed E-state index contributed by atoms with van der Waals surface area (Å²) in [5, 5.41) is 17.9. The van der Waals surface area contributed by atoms with Gasteiger partial charge in [0, 0.05) is 11.1 Å². The first-order valence-corrected chi connectivity index (χ1v) is 11.7. The van der Waals surface area contributed by atoms with Gasteiger partial charge in [-0.05, 0) is 47.5 Å². The number of furan rings is 1. The predicted molar refractivity (Wildman–Crippen MR) is 133 cm³/mol. The van der Waals surface area contributed by atoms with Gasteiger partial charge in [0.15, 0.2) is 0 Å². The van der Waals surface area contributed by atoms with E-state index in [1.807, 2.05) is 66.7 Å². The summed E-state index contributed by atoms with van der Waals surface area (Å²) in [7, 11) is 0. The fourth-order valence-electron chi connectivity index (χ4n) is 4.64. The second-order valence-electron chi connectivity index (χ2n) is 8.64. The zero-order valence-corrected chi connectivity index (χ0v) is 19.3. The Balaban J connectivity index is 1.37. The van der Waals surface area contributed by atoms with Crippen molar-refractivity contribution in [1.29, 1.82) is 0 Å². The maximum Gasteiger partial charge on any atom is 0.273 e. The normalized spacial score (nSPS) is 14.7. The van der Waals surface area contributed by atoms with Crippen LogP contribution in [0.25, 0.3) is 11.3 Å². The molecule has 0 fully saturated rings. The minimum absolute atomic E-state index is 0.104. The molecule has 0 spiro atoms. The fourth-order valence-corrected chi connectivity index (χ4v) is 4.64. The first-order chi connectivity index (χ1) is 17.7. The van der Waals surface area contributed by atoms with E-state index in [9.17, 15) is 9.90 Å². The molecule has 3 aromatic carbocycles. The molecular weight excluding hydrogens is 454 g/mol. The van der Waals surface area contributed by atoms with Crippen LogP contribution in [-0.2, 0) is 13.2 Å². The first-order valence-electron chi connectivity index (χ1n) is 11.7. The second-order valence-corrected chi connectivity index (χ2v) is 8.64. The lowest BCUT2D eigenvalue weighted by Crippen LogP contribution is -2.28. The summed E-state index contributed by atoms with van der Waals surface area (Å²) in [6.07, 6.45) is 1.60. The zero-order valence-electron chi connectivity index (χ0n) is 19.3. The molecule has 1 amide bonds.